The van der Waals surface area contributed by atoms with Crippen molar-refractivity contribution in [2.24, 2.45) is 0 Å². The first kappa shape index (κ1) is 18.3. The molecule has 0 bridgehead atoms. The van der Waals surface area contributed by atoms with Crippen LogP contribution in [0.2, 0.25) is 0 Å². The Morgan fingerprint density at radius 3 is 2.33 bits per heavy atom. The normalized spacial score (nSPS) is 12.7. The van der Waals surface area contributed by atoms with Crippen molar-refractivity contribution in [2.45, 2.75) is 24.3 Å². The Morgan fingerprint density at radius 2 is 1.75 bits per heavy atom. The lowest BCUT2D eigenvalue weighted by Gasteiger charge is -2.14. The summed E-state index contributed by atoms with van der Waals surface area (Å²) in [5, 5.41) is 18.8. The minimum Gasteiger partial charge on any atom is -0.493 e. The van der Waals surface area contributed by atoms with Gasteiger partial charge in [0.2, 0.25) is 0 Å². The maximum atomic E-state index is 12.3. The molecule has 0 aromatic heterocycles. The zero-order valence-corrected chi connectivity index (χ0v) is 14.3. The molecule has 0 aliphatic rings. The van der Waals surface area contributed by atoms with Crippen LogP contribution >= 0.6 is 0 Å². The number of hydrogen-bond donors (Lipinski definition) is 2. The molecule has 2 aromatic rings. The summed E-state index contributed by atoms with van der Waals surface area (Å²) in [6, 6.07) is 10.7. The molecule has 0 saturated carbocycles. The fourth-order valence-corrected chi connectivity index (χ4v) is 3.06. The summed E-state index contributed by atoms with van der Waals surface area (Å²) < 4.78 is 35.0. The average molecular weight is 352 g/mol. The van der Waals surface area contributed by atoms with Gasteiger partial charge >= 0.3 is 10.1 Å². The highest BCUT2D eigenvalue weighted by molar-refractivity contribution is 7.87. The molecule has 0 heterocycles. The Kier molecular flexibility index (Phi) is 5.82. The van der Waals surface area contributed by atoms with Crippen molar-refractivity contribution in [3.63, 3.8) is 0 Å². The predicted octanol–water partition coefficient (Wildman–Crippen LogP) is 2.19. The van der Waals surface area contributed by atoms with Crippen molar-refractivity contribution in [3.8, 4) is 11.5 Å². The van der Waals surface area contributed by atoms with E-state index in [1.54, 1.807) is 12.1 Å². The molecular formula is C17H20O6S. The first-order chi connectivity index (χ1) is 11.4. The zero-order valence-electron chi connectivity index (χ0n) is 13.5. The summed E-state index contributed by atoms with van der Waals surface area (Å²) in [6.45, 7) is 1.69. The summed E-state index contributed by atoms with van der Waals surface area (Å²) in [7, 11) is -2.61. The summed E-state index contributed by atoms with van der Waals surface area (Å²) in [6.07, 6.45) is -0.697. The number of benzene rings is 2. The van der Waals surface area contributed by atoms with Gasteiger partial charge in [0, 0.05) is 13.0 Å². The highest BCUT2D eigenvalue weighted by Gasteiger charge is 2.20. The van der Waals surface area contributed by atoms with Gasteiger partial charge in [0.15, 0.2) is 11.5 Å². The summed E-state index contributed by atoms with van der Waals surface area (Å²) in [5.41, 5.74) is 1.44. The molecule has 0 spiro atoms. The third-order valence-electron chi connectivity index (χ3n) is 3.48. The summed E-state index contributed by atoms with van der Waals surface area (Å²) in [5.74, 6) is 0.207. The number of ether oxygens (including phenoxy) is 1. The number of hydrogen-bond acceptors (Lipinski definition) is 6. The van der Waals surface area contributed by atoms with E-state index < -0.39 is 16.2 Å². The highest BCUT2D eigenvalue weighted by atomic mass is 32.2. The van der Waals surface area contributed by atoms with E-state index in [1.807, 2.05) is 6.92 Å². The average Bonchev–Trinajstić information content (AvgIpc) is 2.55. The third kappa shape index (κ3) is 4.25. The van der Waals surface area contributed by atoms with Crippen molar-refractivity contribution in [1.29, 1.82) is 0 Å². The number of aliphatic hydroxyl groups is 2. The van der Waals surface area contributed by atoms with Crippen LogP contribution in [-0.4, -0.2) is 32.3 Å². The second-order valence-corrected chi connectivity index (χ2v) is 6.84. The Hall–Kier alpha value is -2.09. The van der Waals surface area contributed by atoms with E-state index in [9.17, 15) is 13.5 Å². The minimum absolute atomic E-state index is 0.0259. The topological polar surface area (TPSA) is 93.1 Å². The van der Waals surface area contributed by atoms with E-state index in [1.165, 1.54) is 37.4 Å². The summed E-state index contributed by atoms with van der Waals surface area (Å²) in [4.78, 5) is 0.0412. The number of aryl methyl sites for hydroxylation is 1. The molecule has 130 valence electrons. The Balaban J connectivity index is 2.30. The van der Waals surface area contributed by atoms with Gasteiger partial charge in [-0.3, -0.25) is 0 Å². The molecule has 2 rings (SSSR count). The standard InChI is InChI=1S/C17H20O6S/c1-12-3-6-14(7-4-12)24(20,21)23-16-8-5-13(11-17(16)22-2)15(19)9-10-18/h3-8,11,15,18-19H,9-10H2,1-2H3/t15-/m0/s1. The van der Waals surface area contributed by atoms with Crippen LogP contribution in [0.25, 0.3) is 0 Å². The molecule has 6 nitrogen and oxygen atoms in total. The van der Waals surface area contributed by atoms with E-state index in [-0.39, 0.29) is 29.4 Å². The first-order valence-corrected chi connectivity index (χ1v) is 8.76. The monoisotopic (exact) mass is 352 g/mol. The summed E-state index contributed by atoms with van der Waals surface area (Å²) >= 11 is 0. The molecule has 0 fully saturated rings. The van der Waals surface area contributed by atoms with Crippen LogP contribution in [0.3, 0.4) is 0 Å². The van der Waals surface area contributed by atoms with Crippen molar-refractivity contribution in [3.05, 3.63) is 53.6 Å². The fraction of sp³-hybridized carbons (Fsp3) is 0.294. The minimum atomic E-state index is -3.99. The maximum absolute atomic E-state index is 12.3. The van der Waals surface area contributed by atoms with Gasteiger partial charge in [0.05, 0.1) is 13.2 Å². The van der Waals surface area contributed by atoms with E-state index >= 15 is 0 Å². The molecule has 1 atom stereocenters. The Morgan fingerprint density at radius 1 is 1.08 bits per heavy atom. The van der Waals surface area contributed by atoms with Crippen LogP contribution in [0.5, 0.6) is 11.5 Å². The van der Waals surface area contributed by atoms with Gasteiger partial charge in [0.1, 0.15) is 4.90 Å². The number of methoxy groups -OCH3 is 1. The molecule has 7 heteroatoms. The molecule has 0 unspecified atom stereocenters. The Labute approximate surface area is 141 Å². The van der Waals surface area contributed by atoms with Gasteiger partial charge in [-0.25, -0.2) is 0 Å². The molecule has 2 N–H and O–H groups in total. The van der Waals surface area contributed by atoms with Crippen LogP contribution in [0.15, 0.2) is 47.4 Å². The lowest BCUT2D eigenvalue weighted by Crippen LogP contribution is -2.11. The maximum Gasteiger partial charge on any atom is 0.339 e. The lowest BCUT2D eigenvalue weighted by atomic mass is 10.1. The van der Waals surface area contributed by atoms with E-state index in [0.29, 0.717) is 5.56 Å². The Bertz CT molecular complexity index is 783. The molecule has 24 heavy (non-hydrogen) atoms. The van der Waals surface area contributed by atoms with E-state index in [4.69, 9.17) is 14.0 Å². The van der Waals surface area contributed by atoms with Gasteiger partial charge in [-0.1, -0.05) is 23.8 Å². The van der Waals surface area contributed by atoms with Crippen molar-refractivity contribution < 1.29 is 27.6 Å². The van der Waals surface area contributed by atoms with Crippen LogP contribution < -0.4 is 8.92 Å². The van der Waals surface area contributed by atoms with Crippen LogP contribution in [0.1, 0.15) is 23.7 Å². The van der Waals surface area contributed by atoms with Gasteiger partial charge in [-0.2, -0.15) is 8.42 Å². The zero-order chi connectivity index (χ0) is 17.7. The largest absolute Gasteiger partial charge is 0.493 e. The van der Waals surface area contributed by atoms with Crippen molar-refractivity contribution in [1.82, 2.24) is 0 Å². The first-order valence-electron chi connectivity index (χ1n) is 7.35. The van der Waals surface area contributed by atoms with Gasteiger partial charge < -0.3 is 19.1 Å². The molecule has 0 aliphatic carbocycles. The van der Waals surface area contributed by atoms with E-state index in [0.717, 1.165) is 5.56 Å². The molecule has 0 saturated heterocycles. The second-order valence-electron chi connectivity index (χ2n) is 5.29. The van der Waals surface area contributed by atoms with Crippen molar-refractivity contribution >= 4 is 10.1 Å². The van der Waals surface area contributed by atoms with Crippen molar-refractivity contribution in [2.75, 3.05) is 13.7 Å². The van der Waals surface area contributed by atoms with Gasteiger partial charge in [0.25, 0.3) is 0 Å². The second kappa shape index (κ2) is 7.65. The molecule has 0 radical (unpaired) electrons. The fourth-order valence-electron chi connectivity index (χ4n) is 2.12. The predicted molar refractivity (Wildman–Crippen MR) is 88.6 cm³/mol. The smallest absolute Gasteiger partial charge is 0.339 e. The quantitative estimate of drug-likeness (QED) is 0.742. The SMILES string of the molecule is COc1cc([C@@H](O)CCO)ccc1OS(=O)(=O)c1ccc(C)cc1. The van der Waals surface area contributed by atoms with Crippen LogP contribution in [0.4, 0.5) is 0 Å². The highest BCUT2D eigenvalue weighted by Crippen LogP contribution is 2.33. The van der Waals surface area contributed by atoms with Crippen LogP contribution in [-0.2, 0) is 10.1 Å². The molecule has 0 amide bonds. The molecule has 2 aromatic carbocycles. The molecular weight excluding hydrogens is 332 g/mol. The van der Waals surface area contributed by atoms with E-state index in [2.05, 4.69) is 0 Å². The lowest BCUT2D eigenvalue weighted by molar-refractivity contribution is 0.134. The number of aliphatic hydroxyl groups excluding tert-OH is 2. The molecule has 0 aliphatic heterocycles. The third-order valence-corrected chi connectivity index (χ3v) is 4.73. The number of rotatable bonds is 7. The van der Waals surface area contributed by atoms with Crippen LogP contribution in [0, 0.1) is 6.92 Å². The van der Waals surface area contributed by atoms with Gasteiger partial charge in [-0.15, -0.1) is 0 Å². The van der Waals surface area contributed by atoms with Gasteiger partial charge in [-0.05, 0) is 36.8 Å².